The first-order valence-electron chi connectivity index (χ1n) is 6.75. The van der Waals surface area contributed by atoms with Crippen molar-refractivity contribution in [1.82, 2.24) is 5.32 Å². The van der Waals surface area contributed by atoms with Crippen molar-refractivity contribution in [1.29, 1.82) is 5.26 Å². The first kappa shape index (κ1) is 15.0. The van der Waals surface area contributed by atoms with E-state index in [0.717, 1.165) is 12.0 Å². The van der Waals surface area contributed by atoms with Gasteiger partial charge in [0.15, 0.2) is 0 Å². The fraction of sp³-hybridized carbons (Fsp3) is 0.235. The van der Waals surface area contributed by atoms with Gasteiger partial charge in [-0.2, -0.15) is 5.26 Å². The van der Waals surface area contributed by atoms with Gasteiger partial charge in [0.1, 0.15) is 11.6 Å². The normalized spacial score (nSPS) is 10.1. The number of ether oxygens (including phenoxy) is 1. The maximum absolute atomic E-state index is 13.5. The minimum atomic E-state index is -0.194. The lowest BCUT2D eigenvalue weighted by atomic mass is 10.1. The Hall–Kier alpha value is -2.38. The fourth-order valence-electron chi connectivity index (χ4n) is 2.11. The molecule has 0 atom stereocenters. The van der Waals surface area contributed by atoms with Crippen LogP contribution in [0.15, 0.2) is 42.5 Å². The van der Waals surface area contributed by atoms with Gasteiger partial charge in [-0.05, 0) is 36.7 Å². The molecule has 0 amide bonds. The van der Waals surface area contributed by atoms with Gasteiger partial charge in [0.25, 0.3) is 0 Å². The molecule has 3 nitrogen and oxygen atoms in total. The Bertz CT molecular complexity index is 649. The molecule has 0 unspecified atom stereocenters. The van der Waals surface area contributed by atoms with Gasteiger partial charge in [-0.15, -0.1) is 0 Å². The van der Waals surface area contributed by atoms with E-state index in [1.165, 1.54) is 6.07 Å². The summed E-state index contributed by atoms with van der Waals surface area (Å²) in [6.07, 6.45) is 0.753. The zero-order valence-corrected chi connectivity index (χ0v) is 11.9. The van der Waals surface area contributed by atoms with E-state index in [-0.39, 0.29) is 5.82 Å². The number of nitriles is 1. The van der Waals surface area contributed by atoms with Gasteiger partial charge < -0.3 is 10.1 Å². The molecule has 0 heterocycles. The quantitative estimate of drug-likeness (QED) is 0.829. The summed E-state index contributed by atoms with van der Waals surface area (Å²) in [5.41, 5.74) is 2.26. The Kier molecular flexibility index (Phi) is 5.30. The lowest BCUT2D eigenvalue weighted by Gasteiger charge is -2.10. The van der Waals surface area contributed by atoms with Crippen molar-refractivity contribution >= 4 is 0 Å². The monoisotopic (exact) mass is 284 g/mol. The highest BCUT2D eigenvalue weighted by Gasteiger charge is 2.05. The van der Waals surface area contributed by atoms with Crippen molar-refractivity contribution in [2.24, 2.45) is 0 Å². The van der Waals surface area contributed by atoms with Crippen LogP contribution in [0.2, 0.25) is 0 Å². The predicted molar refractivity (Wildman–Crippen MR) is 79.5 cm³/mol. The summed E-state index contributed by atoms with van der Waals surface area (Å²) in [6, 6.07) is 14.2. The summed E-state index contributed by atoms with van der Waals surface area (Å²) >= 11 is 0. The van der Waals surface area contributed by atoms with E-state index < -0.39 is 0 Å². The van der Waals surface area contributed by atoms with Crippen molar-refractivity contribution in [2.75, 3.05) is 13.7 Å². The van der Waals surface area contributed by atoms with Crippen LogP contribution in [0.1, 0.15) is 16.7 Å². The number of rotatable bonds is 6. The third kappa shape index (κ3) is 4.04. The van der Waals surface area contributed by atoms with E-state index in [1.54, 1.807) is 31.4 Å². The SMILES string of the molecule is COc1cc(C#N)ccc1CCNCc1ccccc1F. The summed E-state index contributed by atoms with van der Waals surface area (Å²) in [4.78, 5) is 0. The van der Waals surface area contributed by atoms with Crippen LogP contribution in [0, 0.1) is 17.1 Å². The highest BCUT2D eigenvalue weighted by Crippen LogP contribution is 2.20. The van der Waals surface area contributed by atoms with Crippen LogP contribution >= 0.6 is 0 Å². The molecule has 0 bridgehead atoms. The second-order valence-corrected chi connectivity index (χ2v) is 4.66. The van der Waals surface area contributed by atoms with E-state index >= 15 is 0 Å². The average Bonchev–Trinajstić information content (AvgIpc) is 2.53. The average molecular weight is 284 g/mol. The second kappa shape index (κ2) is 7.41. The van der Waals surface area contributed by atoms with Gasteiger partial charge in [0.05, 0.1) is 18.7 Å². The summed E-state index contributed by atoms with van der Waals surface area (Å²) < 4.78 is 18.7. The standard InChI is InChI=1S/C17H17FN2O/c1-21-17-10-13(11-19)6-7-14(17)8-9-20-12-15-4-2-3-5-16(15)18/h2-7,10,20H,8-9,12H2,1H3. The number of hydrogen-bond donors (Lipinski definition) is 1. The molecule has 0 fully saturated rings. The molecule has 0 aromatic heterocycles. The fourth-order valence-corrected chi connectivity index (χ4v) is 2.11. The number of nitrogens with one attached hydrogen (secondary N) is 1. The number of methoxy groups -OCH3 is 1. The third-order valence-electron chi connectivity index (χ3n) is 3.26. The van der Waals surface area contributed by atoms with Crippen LogP contribution in [0.3, 0.4) is 0 Å². The first-order chi connectivity index (χ1) is 10.2. The van der Waals surface area contributed by atoms with Crippen LogP contribution in [0.5, 0.6) is 5.75 Å². The van der Waals surface area contributed by atoms with Crippen LogP contribution in [-0.2, 0) is 13.0 Å². The van der Waals surface area contributed by atoms with E-state index in [4.69, 9.17) is 10.00 Å². The van der Waals surface area contributed by atoms with Crippen molar-refractivity contribution in [3.63, 3.8) is 0 Å². The molecule has 21 heavy (non-hydrogen) atoms. The van der Waals surface area contributed by atoms with Crippen LogP contribution < -0.4 is 10.1 Å². The molecule has 0 aliphatic rings. The molecular formula is C17H17FN2O. The molecule has 4 heteroatoms. The molecule has 2 aromatic carbocycles. The van der Waals surface area contributed by atoms with Crippen LogP contribution in [0.4, 0.5) is 4.39 Å². The van der Waals surface area contributed by atoms with Crippen molar-refractivity contribution < 1.29 is 9.13 Å². The van der Waals surface area contributed by atoms with Gasteiger partial charge in [0.2, 0.25) is 0 Å². The molecule has 2 rings (SSSR count). The Morgan fingerprint density at radius 1 is 1.19 bits per heavy atom. The van der Waals surface area contributed by atoms with Gasteiger partial charge in [0, 0.05) is 12.1 Å². The number of halogens is 1. The largest absolute Gasteiger partial charge is 0.496 e. The van der Waals surface area contributed by atoms with E-state index in [9.17, 15) is 4.39 Å². The van der Waals surface area contributed by atoms with Crippen molar-refractivity contribution in [2.45, 2.75) is 13.0 Å². The molecule has 0 radical (unpaired) electrons. The van der Waals surface area contributed by atoms with E-state index in [0.29, 0.717) is 30.0 Å². The first-order valence-corrected chi connectivity index (χ1v) is 6.75. The third-order valence-corrected chi connectivity index (χ3v) is 3.26. The highest BCUT2D eigenvalue weighted by molar-refractivity contribution is 5.42. The van der Waals surface area contributed by atoms with Crippen LogP contribution in [0.25, 0.3) is 0 Å². The van der Waals surface area contributed by atoms with Crippen molar-refractivity contribution in [3.8, 4) is 11.8 Å². The lowest BCUT2D eigenvalue weighted by Crippen LogP contribution is -2.17. The van der Waals surface area contributed by atoms with Gasteiger partial charge in [-0.25, -0.2) is 4.39 Å². The Morgan fingerprint density at radius 3 is 2.71 bits per heavy atom. The molecule has 108 valence electrons. The molecule has 0 saturated carbocycles. The number of nitrogens with zero attached hydrogens (tertiary/aromatic N) is 1. The molecule has 0 aliphatic carbocycles. The Balaban J connectivity index is 1.89. The molecule has 0 spiro atoms. The minimum Gasteiger partial charge on any atom is -0.496 e. The smallest absolute Gasteiger partial charge is 0.127 e. The Labute approximate surface area is 124 Å². The zero-order valence-electron chi connectivity index (χ0n) is 11.9. The number of hydrogen-bond acceptors (Lipinski definition) is 3. The van der Waals surface area contributed by atoms with E-state index in [2.05, 4.69) is 11.4 Å². The summed E-state index contributed by atoms with van der Waals surface area (Å²) in [5.74, 6) is 0.516. The summed E-state index contributed by atoms with van der Waals surface area (Å²) in [7, 11) is 1.59. The maximum atomic E-state index is 13.5. The van der Waals surface area contributed by atoms with Gasteiger partial charge in [-0.1, -0.05) is 24.3 Å². The van der Waals surface area contributed by atoms with Gasteiger partial charge >= 0.3 is 0 Å². The second-order valence-electron chi connectivity index (χ2n) is 4.66. The van der Waals surface area contributed by atoms with E-state index in [1.807, 2.05) is 12.1 Å². The van der Waals surface area contributed by atoms with Gasteiger partial charge in [-0.3, -0.25) is 0 Å². The Morgan fingerprint density at radius 2 is 2.00 bits per heavy atom. The maximum Gasteiger partial charge on any atom is 0.127 e. The minimum absolute atomic E-state index is 0.194. The summed E-state index contributed by atoms with van der Waals surface area (Å²) in [5, 5.41) is 12.1. The highest BCUT2D eigenvalue weighted by atomic mass is 19.1. The molecule has 2 aromatic rings. The zero-order chi connectivity index (χ0) is 15.1. The predicted octanol–water partition coefficient (Wildman–Crippen LogP) is 3.04. The molecular weight excluding hydrogens is 267 g/mol. The van der Waals surface area contributed by atoms with Crippen molar-refractivity contribution in [3.05, 3.63) is 65.0 Å². The topological polar surface area (TPSA) is 45.0 Å². The molecule has 0 aliphatic heterocycles. The molecule has 0 saturated heterocycles. The lowest BCUT2D eigenvalue weighted by molar-refractivity contribution is 0.409. The van der Waals surface area contributed by atoms with Crippen LogP contribution in [-0.4, -0.2) is 13.7 Å². The molecule has 1 N–H and O–H groups in total. The number of benzene rings is 2. The summed E-state index contributed by atoms with van der Waals surface area (Å²) in [6.45, 7) is 1.20.